The van der Waals surface area contributed by atoms with Crippen molar-refractivity contribution >= 4 is 0 Å². The average Bonchev–Trinajstić information content (AvgIpc) is 2.54. The zero-order chi connectivity index (χ0) is 15.1. The van der Waals surface area contributed by atoms with Gasteiger partial charge < -0.3 is 14.8 Å². The molecule has 0 saturated heterocycles. The number of para-hydroxylation sites is 2. The predicted octanol–water partition coefficient (Wildman–Crippen LogP) is 3.94. The highest BCUT2D eigenvalue weighted by molar-refractivity contribution is 5.36. The molecule has 21 heavy (non-hydrogen) atoms. The molecular formula is C18H23NO2. The largest absolute Gasteiger partial charge is 0.496 e. The highest BCUT2D eigenvalue weighted by Crippen LogP contribution is 2.25. The summed E-state index contributed by atoms with van der Waals surface area (Å²) in [5, 5.41) is 3.53. The Bertz CT molecular complexity index is 569. The van der Waals surface area contributed by atoms with Crippen LogP contribution in [0.3, 0.4) is 0 Å². The minimum atomic E-state index is 0.204. The van der Waals surface area contributed by atoms with Crippen LogP contribution in [0.4, 0.5) is 0 Å². The molecule has 2 aromatic carbocycles. The third-order valence-electron chi connectivity index (χ3n) is 3.48. The van der Waals surface area contributed by atoms with E-state index in [1.807, 2.05) is 43.3 Å². The number of hydrogen-bond acceptors (Lipinski definition) is 3. The lowest BCUT2D eigenvalue weighted by atomic mass is 10.1. The van der Waals surface area contributed by atoms with Crippen molar-refractivity contribution in [2.75, 3.05) is 13.7 Å². The molecule has 3 heteroatoms. The maximum Gasteiger partial charge on any atom is 0.123 e. The molecule has 2 rings (SSSR count). The second-order valence-electron chi connectivity index (χ2n) is 4.89. The van der Waals surface area contributed by atoms with E-state index < -0.39 is 0 Å². The number of rotatable bonds is 7. The van der Waals surface area contributed by atoms with Crippen LogP contribution < -0.4 is 14.8 Å². The van der Waals surface area contributed by atoms with Crippen molar-refractivity contribution in [2.45, 2.75) is 26.4 Å². The number of methoxy groups -OCH3 is 1. The van der Waals surface area contributed by atoms with Crippen molar-refractivity contribution in [2.24, 2.45) is 0 Å². The molecule has 1 atom stereocenters. The first-order chi connectivity index (χ1) is 10.3. The van der Waals surface area contributed by atoms with Crippen LogP contribution in [0.5, 0.6) is 11.5 Å². The summed E-state index contributed by atoms with van der Waals surface area (Å²) in [4.78, 5) is 0. The quantitative estimate of drug-likeness (QED) is 0.835. The third-order valence-corrected chi connectivity index (χ3v) is 3.48. The van der Waals surface area contributed by atoms with Crippen LogP contribution in [0.25, 0.3) is 0 Å². The van der Waals surface area contributed by atoms with E-state index in [1.54, 1.807) is 7.11 Å². The third kappa shape index (κ3) is 3.99. The van der Waals surface area contributed by atoms with Crippen LogP contribution in [0, 0.1) is 0 Å². The number of benzene rings is 2. The molecule has 0 unspecified atom stereocenters. The van der Waals surface area contributed by atoms with Gasteiger partial charge in [-0.2, -0.15) is 0 Å². The van der Waals surface area contributed by atoms with Crippen molar-refractivity contribution in [1.29, 1.82) is 0 Å². The van der Waals surface area contributed by atoms with Crippen molar-refractivity contribution in [1.82, 2.24) is 5.32 Å². The molecule has 0 aliphatic carbocycles. The molecule has 0 spiro atoms. The summed E-state index contributed by atoms with van der Waals surface area (Å²) in [6.07, 6.45) is 0. The minimum Gasteiger partial charge on any atom is -0.496 e. The lowest BCUT2D eigenvalue weighted by molar-refractivity contribution is 0.334. The zero-order valence-electron chi connectivity index (χ0n) is 12.9. The Morgan fingerprint density at radius 2 is 1.67 bits per heavy atom. The molecule has 1 N–H and O–H groups in total. The smallest absolute Gasteiger partial charge is 0.123 e. The van der Waals surface area contributed by atoms with Gasteiger partial charge in [-0.1, -0.05) is 36.4 Å². The molecule has 3 nitrogen and oxygen atoms in total. The van der Waals surface area contributed by atoms with Crippen LogP contribution in [0.15, 0.2) is 48.5 Å². The lowest BCUT2D eigenvalue weighted by Gasteiger charge is -2.18. The summed E-state index contributed by atoms with van der Waals surface area (Å²) in [5.74, 6) is 1.86. The van der Waals surface area contributed by atoms with E-state index in [2.05, 4.69) is 24.4 Å². The lowest BCUT2D eigenvalue weighted by Crippen LogP contribution is -2.19. The SMILES string of the molecule is CCOc1ccccc1CN[C@H](C)c1ccccc1OC. The van der Waals surface area contributed by atoms with Gasteiger partial charge in [0, 0.05) is 23.7 Å². The van der Waals surface area contributed by atoms with E-state index >= 15 is 0 Å². The first kappa shape index (κ1) is 15.4. The van der Waals surface area contributed by atoms with E-state index in [9.17, 15) is 0 Å². The second kappa shape index (κ2) is 7.70. The Hall–Kier alpha value is -2.00. The number of nitrogens with one attached hydrogen (secondary N) is 1. The summed E-state index contributed by atoms with van der Waals surface area (Å²) in [5.41, 5.74) is 2.33. The number of ether oxygens (including phenoxy) is 2. The normalized spacial score (nSPS) is 12.0. The number of hydrogen-bond donors (Lipinski definition) is 1. The van der Waals surface area contributed by atoms with E-state index in [0.717, 1.165) is 23.6 Å². The Kier molecular flexibility index (Phi) is 5.64. The molecule has 2 aromatic rings. The van der Waals surface area contributed by atoms with Crippen molar-refractivity contribution in [3.05, 3.63) is 59.7 Å². The van der Waals surface area contributed by atoms with Gasteiger partial charge in [0.05, 0.1) is 13.7 Å². The van der Waals surface area contributed by atoms with Gasteiger partial charge in [0.15, 0.2) is 0 Å². The highest BCUT2D eigenvalue weighted by atomic mass is 16.5. The molecule has 0 fully saturated rings. The predicted molar refractivity (Wildman–Crippen MR) is 85.9 cm³/mol. The van der Waals surface area contributed by atoms with E-state index in [1.165, 1.54) is 5.56 Å². The van der Waals surface area contributed by atoms with Crippen LogP contribution in [0.1, 0.15) is 31.0 Å². The standard InChI is InChI=1S/C18H23NO2/c1-4-21-17-11-7-5-9-15(17)13-19-14(2)16-10-6-8-12-18(16)20-3/h5-12,14,19H,4,13H2,1-3H3/t14-/m1/s1. The van der Waals surface area contributed by atoms with Gasteiger partial charge in [-0.25, -0.2) is 0 Å². The molecule has 0 aromatic heterocycles. The summed E-state index contributed by atoms with van der Waals surface area (Å²) in [6, 6.07) is 16.4. The Labute approximate surface area is 126 Å². The first-order valence-corrected chi connectivity index (χ1v) is 7.33. The Balaban J connectivity index is 2.06. The fourth-order valence-electron chi connectivity index (χ4n) is 2.34. The maximum atomic E-state index is 5.66. The molecule has 0 aliphatic heterocycles. The van der Waals surface area contributed by atoms with E-state index in [4.69, 9.17) is 9.47 Å². The molecule has 0 radical (unpaired) electrons. The van der Waals surface area contributed by atoms with Gasteiger partial charge in [0.1, 0.15) is 11.5 Å². The summed E-state index contributed by atoms with van der Waals surface area (Å²) in [7, 11) is 1.70. The van der Waals surface area contributed by atoms with Crippen molar-refractivity contribution in [3.8, 4) is 11.5 Å². The van der Waals surface area contributed by atoms with E-state index in [-0.39, 0.29) is 6.04 Å². The fraction of sp³-hybridized carbons (Fsp3) is 0.333. The summed E-state index contributed by atoms with van der Waals surface area (Å²) >= 11 is 0. The van der Waals surface area contributed by atoms with Crippen LogP contribution in [-0.2, 0) is 6.54 Å². The highest BCUT2D eigenvalue weighted by Gasteiger charge is 2.11. The topological polar surface area (TPSA) is 30.5 Å². The van der Waals surface area contributed by atoms with Gasteiger partial charge in [0.2, 0.25) is 0 Å². The monoisotopic (exact) mass is 285 g/mol. The van der Waals surface area contributed by atoms with Crippen molar-refractivity contribution in [3.63, 3.8) is 0 Å². The van der Waals surface area contributed by atoms with Gasteiger partial charge in [-0.3, -0.25) is 0 Å². The van der Waals surface area contributed by atoms with Crippen LogP contribution in [-0.4, -0.2) is 13.7 Å². The van der Waals surface area contributed by atoms with Gasteiger partial charge >= 0.3 is 0 Å². The second-order valence-corrected chi connectivity index (χ2v) is 4.89. The molecular weight excluding hydrogens is 262 g/mol. The molecule has 0 heterocycles. The van der Waals surface area contributed by atoms with Crippen LogP contribution in [0.2, 0.25) is 0 Å². The van der Waals surface area contributed by atoms with Gasteiger partial charge in [-0.05, 0) is 26.0 Å². The Morgan fingerprint density at radius 1 is 1.00 bits per heavy atom. The molecule has 0 saturated carbocycles. The maximum absolute atomic E-state index is 5.66. The molecule has 0 amide bonds. The fourth-order valence-corrected chi connectivity index (χ4v) is 2.34. The molecule has 0 bridgehead atoms. The van der Waals surface area contributed by atoms with Crippen molar-refractivity contribution < 1.29 is 9.47 Å². The van der Waals surface area contributed by atoms with E-state index in [0.29, 0.717) is 6.61 Å². The van der Waals surface area contributed by atoms with Gasteiger partial charge in [-0.15, -0.1) is 0 Å². The summed E-state index contributed by atoms with van der Waals surface area (Å²) in [6.45, 7) is 5.58. The molecule has 0 aliphatic rings. The van der Waals surface area contributed by atoms with Gasteiger partial charge in [0.25, 0.3) is 0 Å². The minimum absolute atomic E-state index is 0.204. The first-order valence-electron chi connectivity index (χ1n) is 7.33. The average molecular weight is 285 g/mol. The summed E-state index contributed by atoms with van der Waals surface area (Å²) < 4.78 is 11.1. The zero-order valence-corrected chi connectivity index (χ0v) is 12.9. The molecule has 112 valence electrons. The Morgan fingerprint density at radius 3 is 2.38 bits per heavy atom. The van der Waals surface area contributed by atoms with Crippen LogP contribution >= 0.6 is 0 Å².